The van der Waals surface area contributed by atoms with Gasteiger partial charge in [-0.25, -0.2) is 9.78 Å². The van der Waals surface area contributed by atoms with E-state index in [2.05, 4.69) is 11.7 Å². The Balaban J connectivity index is 1.43. The predicted molar refractivity (Wildman–Crippen MR) is 112 cm³/mol. The normalized spacial score (nSPS) is 41.0. The number of carboxylic acid groups (broad SMARTS) is 1. The van der Waals surface area contributed by atoms with E-state index in [1.807, 2.05) is 13.8 Å². The van der Waals surface area contributed by atoms with Crippen molar-refractivity contribution in [1.82, 2.24) is 0 Å². The highest BCUT2D eigenvalue weighted by Crippen LogP contribution is 2.60. The van der Waals surface area contributed by atoms with Crippen LogP contribution in [0.3, 0.4) is 0 Å². The van der Waals surface area contributed by atoms with Crippen molar-refractivity contribution in [1.29, 1.82) is 0 Å². The van der Waals surface area contributed by atoms with Gasteiger partial charge in [-0.3, -0.25) is 4.79 Å². The van der Waals surface area contributed by atoms with Crippen LogP contribution in [0, 0.1) is 23.7 Å². The van der Waals surface area contributed by atoms with Crippen molar-refractivity contribution >= 4 is 5.97 Å². The van der Waals surface area contributed by atoms with E-state index in [0.717, 1.165) is 19.3 Å². The summed E-state index contributed by atoms with van der Waals surface area (Å²) in [5.74, 6) is -1.50. The number of carboxylic acids is 1. The minimum Gasteiger partial charge on any atom is -0.481 e. The molecule has 4 saturated heterocycles. The van der Waals surface area contributed by atoms with E-state index in [-0.39, 0.29) is 34.8 Å². The summed E-state index contributed by atoms with van der Waals surface area (Å²) < 4.78 is 49.2. The number of rotatable bonds is 6. The number of halogens is 2. The molecule has 1 spiro atoms. The van der Waals surface area contributed by atoms with Crippen LogP contribution in [0.15, 0.2) is 18.2 Å². The van der Waals surface area contributed by atoms with Crippen LogP contribution < -0.4 is 9.47 Å². The van der Waals surface area contributed by atoms with E-state index in [9.17, 15) is 13.6 Å². The van der Waals surface area contributed by atoms with Gasteiger partial charge in [0.05, 0.1) is 6.42 Å². The maximum Gasteiger partial charge on any atom is 0.387 e. The molecule has 10 heteroatoms. The van der Waals surface area contributed by atoms with Gasteiger partial charge in [0.2, 0.25) is 12.1 Å². The number of benzene rings is 1. The van der Waals surface area contributed by atoms with Crippen molar-refractivity contribution in [3.05, 3.63) is 23.8 Å². The standard InChI is InChI=1S/C24H30F2O8/c1-12-4-7-17-13(2)20(31-21-24(17)16(12)8-9-23(3,32-21)33-34-24)29-15-6-5-14(10-19(27)28)18(11-15)30-22(25)26/h5-6,11-13,16-17,20-22H,4,7-10H2,1-3H3,(H,27,28)/t12-,13-,16+,17+,20+,21-,23-,24-/m1/s1. The molecular formula is C24H30F2O8. The van der Waals surface area contributed by atoms with Crippen LogP contribution in [0.1, 0.15) is 52.0 Å². The van der Waals surface area contributed by atoms with Crippen LogP contribution >= 0.6 is 0 Å². The van der Waals surface area contributed by atoms with Crippen molar-refractivity contribution in [2.75, 3.05) is 0 Å². The molecule has 4 heterocycles. The fourth-order valence-corrected chi connectivity index (χ4v) is 6.26. The number of aliphatic carboxylic acids is 1. The first-order valence-electron chi connectivity index (χ1n) is 11.8. The van der Waals surface area contributed by atoms with Gasteiger partial charge in [-0.2, -0.15) is 8.78 Å². The zero-order valence-corrected chi connectivity index (χ0v) is 19.4. The third kappa shape index (κ3) is 3.94. The molecule has 6 rings (SSSR count). The summed E-state index contributed by atoms with van der Waals surface area (Å²) in [4.78, 5) is 23.0. The third-order valence-electron chi connectivity index (χ3n) is 7.95. The van der Waals surface area contributed by atoms with Gasteiger partial charge in [-0.15, -0.1) is 0 Å². The van der Waals surface area contributed by atoms with E-state index in [1.54, 1.807) is 0 Å². The lowest BCUT2D eigenvalue weighted by molar-refractivity contribution is -0.575. The predicted octanol–water partition coefficient (Wildman–Crippen LogP) is 4.50. The van der Waals surface area contributed by atoms with Crippen molar-refractivity contribution in [3.63, 3.8) is 0 Å². The Morgan fingerprint density at radius 1 is 1.21 bits per heavy atom. The van der Waals surface area contributed by atoms with Gasteiger partial charge in [0, 0.05) is 29.9 Å². The Morgan fingerprint density at radius 2 is 2.00 bits per heavy atom. The molecule has 1 aromatic rings. The monoisotopic (exact) mass is 484 g/mol. The fraction of sp³-hybridized carbons (Fsp3) is 0.708. The van der Waals surface area contributed by atoms with Crippen LogP contribution in [-0.2, 0) is 30.5 Å². The molecule has 4 aliphatic heterocycles. The van der Waals surface area contributed by atoms with Gasteiger partial charge in [0.25, 0.3) is 0 Å². The van der Waals surface area contributed by atoms with Crippen molar-refractivity contribution in [3.8, 4) is 11.5 Å². The lowest BCUT2D eigenvalue weighted by Crippen LogP contribution is -2.70. The van der Waals surface area contributed by atoms with Crippen molar-refractivity contribution in [2.24, 2.45) is 23.7 Å². The molecule has 2 bridgehead atoms. The van der Waals surface area contributed by atoms with Gasteiger partial charge in [0.1, 0.15) is 11.5 Å². The summed E-state index contributed by atoms with van der Waals surface area (Å²) in [6.45, 7) is 2.99. The van der Waals surface area contributed by atoms with Gasteiger partial charge in [0.15, 0.2) is 11.9 Å². The first-order chi connectivity index (χ1) is 16.1. The van der Waals surface area contributed by atoms with Crippen LogP contribution in [0.25, 0.3) is 0 Å². The number of alkyl halides is 2. The Hall–Kier alpha value is -2.01. The van der Waals surface area contributed by atoms with E-state index < -0.39 is 43.0 Å². The van der Waals surface area contributed by atoms with Crippen LogP contribution in [-0.4, -0.2) is 41.7 Å². The minimum absolute atomic E-state index is 0.0446. The zero-order valence-electron chi connectivity index (χ0n) is 19.4. The average molecular weight is 484 g/mol. The highest BCUT2D eigenvalue weighted by Gasteiger charge is 2.69. The molecule has 1 saturated carbocycles. The molecule has 8 nitrogen and oxygen atoms in total. The number of hydrogen-bond acceptors (Lipinski definition) is 7. The number of ether oxygens (including phenoxy) is 4. The number of hydrogen-bond donors (Lipinski definition) is 1. The van der Waals surface area contributed by atoms with Crippen molar-refractivity contribution < 1.29 is 47.4 Å². The van der Waals surface area contributed by atoms with Crippen LogP contribution in [0.4, 0.5) is 8.78 Å². The Kier molecular flexibility index (Phi) is 5.99. The second kappa shape index (κ2) is 8.58. The molecule has 0 unspecified atom stereocenters. The topological polar surface area (TPSA) is 92.7 Å². The zero-order chi connectivity index (χ0) is 24.3. The summed E-state index contributed by atoms with van der Waals surface area (Å²) in [7, 11) is 0. The van der Waals surface area contributed by atoms with Gasteiger partial charge in [-0.05, 0) is 44.1 Å². The van der Waals surface area contributed by atoms with E-state index >= 15 is 0 Å². The van der Waals surface area contributed by atoms with Gasteiger partial charge < -0.3 is 24.1 Å². The molecule has 8 atom stereocenters. The van der Waals surface area contributed by atoms with Gasteiger partial charge in [-0.1, -0.05) is 19.9 Å². The molecule has 34 heavy (non-hydrogen) atoms. The molecular weight excluding hydrogens is 454 g/mol. The first-order valence-corrected chi connectivity index (χ1v) is 11.8. The Labute approximate surface area is 196 Å². The second-order valence-corrected chi connectivity index (χ2v) is 10.1. The first kappa shape index (κ1) is 23.7. The lowest BCUT2D eigenvalue weighted by Gasteiger charge is -2.60. The largest absolute Gasteiger partial charge is 0.481 e. The summed E-state index contributed by atoms with van der Waals surface area (Å²) in [5, 5.41) is 9.07. The summed E-state index contributed by atoms with van der Waals surface area (Å²) in [6.07, 6.45) is 1.65. The van der Waals surface area contributed by atoms with E-state index in [1.165, 1.54) is 18.2 Å². The third-order valence-corrected chi connectivity index (χ3v) is 7.95. The molecule has 1 N–H and O–H groups in total. The Bertz CT molecular complexity index is 944. The summed E-state index contributed by atoms with van der Waals surface area (Å²) in [5.41, 5.74) is -0.605. The molecule has 5 fully saturated rings. The maximum atomic E-state index is 12.9. The highest BCUT2D eigenvalue weighted by molar-refractivity contribution is 5.71. The lowest BCUT2D eigenvalue weighted by atomic mass is 9.58. The molecule has 5 aliphatic rings. The molecule has 0 radical (unpaired) electrons. The molecule has 188 valence electrons. The molecule has 0 amide bonds. The Morgan fingerprint density at radius 3 is 2.74 bits per heavy atom. The molecule has 1 aliphatic carbocycles. The smallest absolute Gasteiger partial charge is 0.387 e. The quantitative estimate of drug-likeness (QED) is 0.590. The number of carbonyl (C=O) groups is 1. The van der Waals surface area contributed by atoms with E-state index in [4.69, 9.17) is 29.1 Å². The molecule has 1 aromatic carbocycles. The SMILES string of the molecule is C[C@H]1[C@@H](Oc2ccc(CC(=O)O)c(OC(F)F)c2)O[C@@H]2O[C@@]3(C)CC[C@H]4[C@H](C)CC[C@@H]1[C@@]24OO3. The van der Waals surface area contributed by atoms with Crippen LogP contribution in [0.2, 0.25) is 0 Å². The van der Waals surface area contributed by atoms with Crippen molar-refractivity contribution in [2.45, 2.75) is 83.5 Å². The maximum absolute atomic E-state index is 12.9. The minimum atomic E-state index is -3.10. The average Bonchev–Trinajstić information content (AvgIpc) is 2.99. The fourth-order valence-electron chi connectivity index (χ4n) is 6.26. The summed E-state index contributed by atoms with van der Waals surface area (Å²) in [6, 6.07) is 4.22. The second-order valence-electron chi connectivity index (χ2n) is 10.1. The highest BCUT2D eigenvalue weighted by atomic mass is 19.3. The van der Waals surface area contributed by atoms with Gasteiger partial charge >= 0.3 is 12.6 Å². The number of fused-ring (bicyclic) bond motifs is 2. The molecule has 0 aromatic heterocycles. The van der Waals surface area contributed by atoms with E-state index in [0.29, 0.717) is 12.3 Å². The summed E-state index contributed by atoms with van der Waals surface area (Å²) >= 11 is 0. The van der Waals surface area contributed by atoms with Crippen LogP contribution in [0.5, 0.6) is 11.5 Å².